The third-order valence-corrected chi connectivity index (χ3v) is 5.25. The molecule has 3 N–H and O–H groups in total. The number of nitrogens with two attached hydrogens (primary N) is 1. The van der Waals surface area contributed by atoms with Crippen LogP contribution in [0.3, 0.4) is 0 Å². The molecule has 28 heavy (non-hydrogen) atoms. The number of rotatable bonds is 3. The van der Waals surface area contributed by atoms with E-state index in [1.165, 1.54) is 0 Å². The molecule has 0 bridgehead atoms. The number of hydrogen-bond acceptors (Lipinski definition) is 4. The lowest BCUT2D eigenvalue weighted by atomic mass is 9.89. The molecule has 2 heterocycles. The molecular formula is C23H24N4O. The first kappa shape index (κ1) is 18.0. The van der Waals surface area contributed by atoms with Crippen LogP contribution in [0, 0.1) is 0 Å². The van der Waals surface area contributed by atoms with Gasteiger partial charge in [-0.15, -0.1) is 0 Å². The van der Waals surface area contributed by atoms with E-state index in [9.17, 15) is 4.79 Å². The predicted octanol–water partition coefficient (Wildman–Crippen LogP) is 4.63. The Hall–Kier alpha value is -3.34. The van der Waals surface area contributed by atoms with Crippen LogP contribution in [0.15, 0.2) is 66.9 Å². The van der Waals surface area contributed by atoms with Crippen molar-refractivity contribution in [2.24, 2.45) is 0 Å². The molecule has 0 spiro atoms. The van der Waals surface area contributed by atoms with Gasteiger partial charge in [-0.05, 0) is 60.9 Å². The highest BCUT2D eigenvalue weighted by Crippen LogP contribution is 2.41. The van der Waals surface area contributed by atoms with E-state index in [1.807, 2.05) is 41.3 Å². The van der Waals surface area contributed by atoms with Gasteiger partial charge in [-0.3, -0.25) is 4.79 Å². The monoisotopic (exact) mass is 372 g/mol. The smallest absolute Gasteiger partial charge is 0.224 e. The summed E-state index contributed by atoms with van der Waals surface area (Å²) in [7, 11) is 0. The second-order valence-corrected chi connectivity index (χ2v) is 7.28. The minimum Gasteiger partial charge on any atom is -0.384 e. The fraction of sp³-hybridized carbons (Fsp3) is 0.217. The van der Waals surface area contributed by atoms with Crippen molar-refractivity contribution in [3.8, 4) is 11.1 Å². The first-order valence-electron chi connectivity index (χ1n) is 9.50. The Balaban J connectivity index is 1.78. The Bertz CT molecular complexity index is 985. The second kappa shape index (κ2) is 7.35. The highest BCUT2D eigenvalue weighted by molar-refractivity contribution is 5.94. The number of nitrogens with zero attached hydrogens (tertiary/aromatic N) is 2. The van der Waals surface area contributed by atoms with Gasteiger partial charge < -0.3 is 16.0 Å². The van der Waals surface area contributed by atoms with Crippen LogP contribution >= 0.6 is 0 Å². The van der Waals surface area contributed by atoms with Gasteiger partial charge in [-0.2, -0.15) is 0 Å². The van der Waals surface area contributed by atoms with Crippen molar-refractivity contribution >= 4 is 23.1 Å². The van der Waals surface area contributed by atoms with Crippen LogP contribution in [-0.4, -0.2) is 16.9 Å². The summed E-state index contributed by atoms with van der Waals surface area (Å²) in [4.78, 5) is 18.4. The fourth-order valence-corrected chi connectivity index (χ4v) is 3.97. The van der Waals surface area contributed by atoms with Gasteiger partial charge in [0, 0.05) is 36.1 Å². The van der Waals surface area contributed by atoms with Gasteiger partial charge in [0.1, 0.15) is 5.82 Å². The number of anilines is 3. The molecule has 1 aliphatic rings. The highest BCUT2D eigenvalue weighted by Gasteiger charge is 2.32. The summed E-state index contributed by atoms with van der Waals surface area (Å²) in [5.74, 6) is 0.565. The third-order valence-electron chi connectivity index (χ3n) is 5.25. The summed E-state index contributed by atoms with van der Waals surface area (Å²) in [6, 6.07) is 20.4. The number of fused-ring (bicyclic) bond motifs is 1. The van der Waals surface area contributed by atoms with Gasteiger partial charge >= 0.3 is 0 Å². The van der Waals surface area contributed by atoms with Gasteiger partial charge in [-0.1, -0.05) is 24.3 Å². The van der Waals surface area contributed by atoms with E-state index >= 15 is 0 Å². The average Bonchev–Trinajstić information content (AvgIpc) is 2.69. The molecule has 5 nitrogen and oxygen atoms in total. The minimum absolute atomic E-state index is 0.0637. The molecule has 0 saturated carbocycles. The minimum atomic E-state index is 0.0637. The molecule has 142 valence electrons. The van der Waals surface area contributed by atoms with E-state index in [1.54, 1.807) is 19.2 Å². The zero-order chi connectivity index (χ0) is 19.7. The van der Waals surface area contributed by atoms with E-state index in [4.69, 9.17) is 5.73 Å². The van der Waals surface area contributed by atoms with Crippen molar-refractivity contribution < 1.29 is 4.79 Å². The average molecular weight is 372 g/mol. The molecule has 0 radical (unpaired) electrons. The number of amides is 1. The Morgan fingerprint density at radius 2 is 1.86 bits per heavy atom. The van der Waals surface area contributed by atoms with Crippen LogP contribution in [-0.2, 0) is 4.79 Å². The molecule has 4 rings (SSSR count). The second-order valence-electron chi connectivity index (χ2n) is 7.28. The summed E-state index contributed by atoms with van der Waals surface area (Å²) in [5, 5.41) is 3.64. The van der Waals surface area contributed by atoms with E-state index < -0.39 is 0 Å². The van der Waals surface area contributed by atoms with Crippen molar-refractivity contribution in [2.45, 2.75) is 32.4 Å². The Morgan fingerprint density at radius 1 is 1.11 bits per heavy atom. The van der Waals surface area contributed by atoms with Crippen LogP contribution in [0.5, 0.6) is 0 Å². The normalized spacial score (nSPS) is 18.4. The summed E-state index contributed by atoms with van der Waals surface area (Å²) in [5.41, 5.74) is 10.9. The van der Waals surface area contributed by atoms with Gasteiger partial charge in [-0.25, -0.2) is 4.98 Å². The van der Waals surface area contributed by atoms with Gasteiger partial charge in [0.2, 0.25) is 5.91 Å². The molecule has 5 heteroatoms. The molecule has 1 aliphatic heterocycles. The van der Waals surface area contributed by atoms with Crippen molar-refractivity contribution in [3.63, 3.8) is 0 Å². The lowest BCUT2D eigenvalue weighted by molar-refractivity contribution is -0.117. The lowest BCUT2D eigenvalue weighted by Crippen LogP contribution is -2.43. The molecule has 0 fully saturated rings. The molecular weight excluding hydrogens is 348 g/mol. The Morgan fingerprint density at radius 3 is 2.54 bits per heavy atom. The van der Waals surface area contributed by atoms with E-state index in [0.717, 1.165) is 34.5 Å². The van der Waals surface area contributed by atoms with Gasteiger partial charge in [0.25, 0.3) is 0 Å². The standard InChI is InChI=1S/C23H24N4O/c1-15-12-21(26-19-6-4-3-5-7-19)20-13-17(18-9-11-23(24)25-14-18)8-10-22(20)27(15)16(2)28/h3-11,13-15,21,26H,12H2,1-2H3,(H2,24,25). The predicted molar refractivity (Wildman–Crippen MR) is 114 cm³/mol. The number of aromatic nitrogens is 1. The molecule has 1 amide bonds. The number of nitrogens with one attached hydrogen (secondary N) is 1. The summed E-state index contributed by atoms with van der Waals surface area (Å²) >= 11 is 0. The molecule has 0 saturated heterocycles. The molecule has 1 aromatic heterocycles. The van der Waals surface area contributed by atoms with Crippen LogP contribution in [0.4, 0.5) is 17.2 Å². The number of carbonyl (C=O) groups is 1. The maximum absolute atomic E-state index is 12.3. The molecule has 2 atom stereocenters. The quantitative estimate of drug-likeness (QED) is 0.703. The largest absolute Gasteiger partial charge is 0.384 e. The van der Waals surface area contributed by atoms with E-state index in [2.05, 4.69) is 35.4 Å². The molecule has 2 aromatic carbocycles. The van der Waals surface area contributed by atoms with E-state index in [-0.39, 0.29) is 18.0 Å². The zero-order valence-corrected chi connectivity index (χ0v) is 16.1. The molecule has 0 aliphatic carbocycles. The zero-order valence-electron chi connectivity index (χ0n) is 16.1. The maximum atomic E-state index is 12.3. The first-order valence-corrected chi connectivity index (χ1v) is 9.50. The van der Waals surface area contributed by atoms with Crippen molar-refractivity contribution in [1.82, 2.24) is 4.98 Å². The molecule has 2 unspecified atom stereocenters. The Labute approximate surface area is 165 Å². The number of para-hydroxylation sites is 1. The van der Waals surface area contributed by atoms with Crippen LogP contribution in [0.25, 0.3) is 11.1 Å². The summed E-state index contributed by atoms with van der Waals surface area (Å²) in [6.07, 6.45) is 2.62. The van der Waals surface area contributed by atoms with Crippen molar-refractivity contribution in [3.05, 3.63) is 72.4 Å². The number of pyridine rings is 1. The van der Waals surface area contributed by atoms with E-state index in [0.29, 0.717) is 5.82 Å². The van der Waals surface area contributed by atoms with Crippen LogP contribution in [0.1, 0.15) is 31.9 Å². The number of nitrogen functional groups attached to an aromatic ring is 1. The fourth-order valence-electron chi connectivity index (χ4n) is 3.97. The summed E-state index contributed by atoms with van der Waals surface area (Å²) in [6.45, 7) is 3.73. The van der Waals surface area contributed by atoms with Crippen molar-refractivity contribution in [2.75, 3.05) is 16.0 Å². The van der Waals surface area contributed by atoms with Crippen LogP contribution in [0.2, 0.25) is 0 Å². The molecule has 3 aromatic rings. The number of benzene rings is 2. The van der Waals surface area contributed by atoms with Gasteiger partial charge in [0.15, 0.2) is 0 Å². The highest BCUT2D eigenvalue weighted by atomic mass is 16.2. The SMILES string of the molecule is CC(=O)N1c2ccc(-c3ccc(N)nc3)cc2C(Nc2ccccc2)CC1C. The van der Waals surface area contributed by atoms with Crippen molar-refractivity contribution in [1.29, 1.82) is 0 Å². The maximum Gasteiger partial charge on any atom is 0.224 e. The van der Waals surface area contributed by atoms with Gasteiger partial charge in [0.05, 0.1) is 6.04 Å². The Kier molecular flexibility index (Phi) is 4.74. The third kappa shape index (κ3) is 3.43. The number of carbonyl (C=O) groups excluding carboxylic acids is 1. The van der Waals surface area contributed by atoms with Crippen LogP contribution < -0.4 is 16.0 Å². The number of hydrogen-bond donors (Lipinski definition) is 2. The lowest BCUT2D eigenvalue weighted by Gasteiger charge is -2.39. The topological polar surface area (TPSA) is 71.2 Å². The summed E-state index contributed by atoms with van der Waals surface area (Å²) < 4.78 is 0. The first-order chi connectivity index (χ1) is 13.5.